The molecular weight excluding hydrogens is 398 g/mol. The van der Waals surface area contributed by atoms with Crippen molar-refractivity contribution < 1.29 is 27.2 Å². The first-order chi connectivity index (χ1) is 13.6. The van der Waals surface area contributed by atoms with E-state index >= 15 is 0 Å². The Balaban J connectivity index is 2.03. The van der Waals surface area contributed by atoms with Crippen LogP contribution < -0.4 is 4.72 Å². The van der Waals surface area contributed by atoms with E-state index in [4.69, 9.17) is 14.4 Å². The van der Waals surface area contributed by atoms with Crippen LogP contribution >= 0.6 is 0 Å². The third-order valence-electron chi connectivity index (χ3n) is 4.21. The van der Waals surface area contributed by atoms with Crippen LogP contribution in [0.15, 0.2) is 52.0 Å². The molecular formula is C19H21N3O6S. The fourth-order valence-corrected chi connectivity index (χ4v) is 3.19. The molecule has 1 aromatic carbocycles. The van der Waals surface area contributed by atoms with E-state index < -0.39 is 34.0 Å². The van der Waals surface area contributed by atoms with Gasteiger partial charge in [0.2, 0.25) is 10.0 Å². The van der Waals surface area contributed by atoms with Crippen molar-refractivity contribution in [2.24, 2.45) is 0 Å². The van der Waals surface area contributed by atoms with E-state index in [0.717, 1.165) is 6.07 Å². The maximum atomic E-state index is 12.4. The van der Waals surface area contributed by atoms with Crippen LogP contribution in [-0.2, 0) is 26.1 Å². The number of likely N-dealkylation sites (N-methyl/N-ethyl adjacent to an activating group) is 1. The molecule has 0 unspecified atom stereocenters. The topological polar surface area (TPSA) is 130 Å². The lowest BCUT2D eigenvalue weighted by Gasteiger charge is -2.28. The summed E-state index contributed by atoms with van der Waals surface area (Å²) in [7, 11) is -2.46. The molecule has 0 aliphatic carbocycles. The molecule has 0 fully saturated rings. The van der Waals surface area contributed by atoms with Crippen LogP contribution in [0.3, 0.4) is 0 Å². The minimum Gasteiger partial charge on any atom is -0.468 e. The molecule has 1 amide bonds. The van der Waals surface area contributed by atoms with Gasteiger partial charge in [0.15, 0.2) is 6.61 Å². The molecule has 0 spiro atoms. The first-order valence-electron chi connectivity index (χ1n) is 8.54. The van der Waals surface area contributed by atoms with Crippen LogP contribution in [0.5, 0.6) is 0 Å². The van der Waals surface area contributed by atoms with E-state index in [-0.39, 0.29) is 17.0 Å². The summed E-state index contributed by atoms with van der Waals surface area (Å²) in [6.45, 7) is 2.49. The summed E-state index contributed by atoms with van der Waals surface area (Å²) < 4.78 is 37.2. The van der Waals surface area contributed by atoms with Gasteiger partial charge in [-0.3, -0.25) is 4.79 Å². The highest BCUT2D eigenvalue weighted by molar-refractivity contribution is 7.89. The van der Waals surface area contributed by atoms with Crippen molar-refractivity contribution >= 4 is 21.9 Å². The number of furan rings is 1. The number of nitriles is 1. The zero-order valence-electron chi connectivity index (χ0n) is 16.2. The number of hydrogen-bond acceptors (Lipinski definition) is 7. The van der Waals surface area contributed by atoms with Crippen LogP contribution in [0.25, 0.3) is 0 Å². The highest BCUT2D eigenvalue weighted by Crippen LogP contribution is 2.14. The van der Waals surface area contributed by atoms with E-state index in [1.54, 1.807) is 26.0 Å². The molecule has 10 heteroatoms. The van der Waals surface area contributed by atoms with Crippen LogP contribution in [-0.4, -0.2) is 44.4 Å². The van der Waals surface area contributed by atoms with E-state index in [1.807, 2.05) is 6.07 Å². The highest BCUT2D eigenvalue weighted by atomic mass is 32.2. The monoisotopic (exact) mass is 419 g/mol. The number of nitrogens with zero attached hydrogens (tertiary/aromatic N) is 2. The van der Waals surface area contributed by atoms with Crippen molar-refractivity contribution in [3.63, 3.8) is 0 Å². The third kappa shape index (κ3) is 5.66. The minimum atomic E-state index is -3.89. The molecule has 1 N–H and O–H groups in total. The van der Waals surface area contributed by atoms with E-state index in [1.165, 1.54) is 36.4 Å². The fourth-order valence-electron chi connectivity index (χ4n) is 2.15. The van der Waals surface area contributed by atoms with Crippen LogP contribution in [0, 0.1) is 11.3 Å². The lowest BCUT2D eigenvalue weighted by atomic mass is 10.1. The Labute approximate surface area is 168 Å². The van der Waals surface area contributed by atoms with Gasteiger partial charge < -0.3 is 14.1 Å². The summed E-state index contributed by atoms with van der Waals surface area (Å²) >= 11 is 0. The lowest BCUT2D eigenvalue weighted by Crippen LogP contribution is -2.45. The minimum absolute atomic E-state index is 0.0270. The second-order valence-electron chi connectivity index (χ2n) is 6.63. The predicted octanol–water partition coefficient (Wildman–Crippen LogP) is 1.68. The van der Waals surface area contributed by atoms with Crippen LogP contribution in [0.4, 0.5) is 0 Å². The van der Waals surface area contributed by atoms with Crippen molar-refractivity contribution in [3.05, 3.63) is 54.0 Å². The molecule has 1 heterocycles. The second kappa shape index (κ2) is 8.89. The molecule has 0 saturated carbocycles. The van der Waals surface area contributed by atoms with Crippen molar-refractivity contribution in [2.75, 3.05) is 13.7 Å². The number of ether oxygens (including phenoxy) is 1. The Bertz CT molecular complexity index is 1020. The molecule has 0 bridgehead atoms. The average molecular weight is 419 g/mol. The van der Waals surface area contributed by atoms with Crippen molar-refractivity contribution in [2.45, 2.75) is 30.8 Å². The number of carbonyl (C=O) groups excluding carboxylic acids is 2. The first-order valence-corrected chi connectivity index (χ1v) is 10.0. The Kier molecular flexibility index (Phi) is 6.79. The number of benzene rings is 1. The zero-order chi connectivity index (χ0) is 21.7. The molecule has 9 nitrogen and oxygen atoms in total. The summed E-state index contributed by atoms with van der Waals surface area (Å²) in [6.07, 6.45) is 1.43. The standard InChI is InChI=1S/C19H21N3O6S/c1-19(2,13-20)22(3)17(23)12-28-18(24)14-6-4-8-16(10-14)29(25,26)21-11-15-7-5-9-27-15/h4-10,21H,11-12H2,1-3H3. The van der Waals surface area contributed by atoms with Crippen LogP contribution in [0.1, 0.15) is 30.0 Å². The molecule has 29 heavy (non-hydrogen) atoms. The molecule has 0 aliphatic heterocycles. The normalized spacial score (nSPS) is 11.5. The van der Waals surface area contributed by atoms with Gasteiger partial charge in [0.1, 0.15) is 11.3 Å². The van der Waals surface area contributed by atoms with Gasteiger partial charge in [0.25, 0.3) is 5.91 Å². The number of rotatable bonds is 8. The van der Waals surface area contributed by atoms with Crippen molar-refractivity contribution in [3.8, 4) is 6.07 Å². The molecule has 154 valence electrons. The van der Waals surface area contributed by atoms with Gasteiger partial charge in [-0.15, -0.1) is 0 Å². The SMILES string of the molecule is CN(C(=O)COC(=O)c1cccc(S(=O)(=O)NCc2ccco2)c1)C(C)(C)C#N. The molecule has 0 atom stereocenters. The molecule has 0 radical (unpaired) electrons. The van der Waals surface area contributed by atoms with Gasteiger partial charge in [0, 0.05) is 7.05 Å². The molecule has 0 aliphatic rings. The molecule has 2 aromatic rings. The zero-order valence-corrected chi connectivity index (χ0v) is 17.0. The predicted molar refractivity (Wildman–Crippen MR) is 102 cm³/mol. The van der Waals surface area contributed by atoms with Crippen LogP contribution in [0.2, 0.25) is 0 Å². The molecule has 0 saturated heterocycles. The van der Waals surface area contributed by atoms with Gasteiger partial charge in [-0.2, -0.15) is 5.26 Å². The van der Waals surface area contributed by atoms with Gasteiger partial charge in [-0.25, -0.2) is 17.9 Å². The Morgan fingerprint density at radius 2 is 2.00 bits per heavy atom. The smallest absolute Gasteiger partial charge is 0.338 e. The quantitative estimate of drug-likeness (QED) is 0.644. The van der Waals surface area contributed by atoms with E-state index in [9.17, 15) is 18.0 Å². The van der Waals surface area contributed by atoms with Gasteiger partial charge in [0.05, 0.1) is 29.3 Å². The van der Waals surface area contributed by atoms with Gasteiger partial charge in [-0.05, 0) is 44.2 Å². The maximum absolute atomic E-state index is 12.4. The second-order valence-corrected chi connectivity index (χ2v) is 8.40. The van der Waals surface area contributed by atoms with E-state index in [0.29, 0.717) is 5.76 Å². The Morgan fingerprint density at radius 3 is 2.62 bits per heavy atom. The van der Waals surface area contributed by atoms with Crippen molar-refractivity contribution in [1.82, 2.24) is 9.62 Å². The summed E-state index contributed by atoms with van der Waals surface area (Å²) in [4.78, 5) is 25.4. The maximum Gasteiger partial charge on any atom is 0.338 e. The van der Waals surface area contributed by atoms with Gasteiger partial charge in [-0.1, -0.05) is 6.07 Å². The number of nitrogens with one attached hydrogen (secondary N) is 1. The summed E-state index contributed by atoms with van der Waals surface area (Å²) in [5.74, 6) is -0.981. The van der Waals surface area contributed by atoms with Gasteiger partial charge >= 0.3 is 5.97 Å². The van der Waals surface area contributed by atoms with E-state index in [2.05, 4.69) is 4.72 Å². The average Bonchev–Trinajstić information content (AvgIpc) is 3.23. The first kappa shape index (κ1) is 22.1. The summed E-state index contributed by atoms with van der Waals surface area (Å²) in [5.41, 5.74) is -1.09. The summed E-state index contributed by atoms with van der Waals surface area (Å²) in [6, 6.07) is 10.5. The number of amides is 1. The Hall–Kier alpha value is -3.16. The third-order valence-corrected chi connectivity index (χ3v) is 5.61. The summed E-state index contributed by atoms with van der Waals surface area (Å²) in [5, 5.41) is 9.06. The number of carbonyl (C=O) groups is 2. The number of hydrogen-bond donors (Lipinski definition) is 1. The lowest BCUT2D eigenvalue weighted by molar-refractivity contribution is -0.136. The fraction of sp³-hybridized carbons (Fsp3) is 0.316. The molecule has 1 aromatic heterocycles. The van der Waals surface area contributed by atoms with Crippen molar-refractivity contribution in [1.29, 1.82) is 5.26 Å². The largest absolute Gasteiger partial charge is 0.468 e. The molecule has 2 rings (SSSR count). The highest BCUT2D eigenvalue weighted by Gasteiger charge is 2.28. The Morgan fingerprint density at radius 1 is 1.28 bits per heavy atom. The number of esters is 1. The number of sulfonamides is 1.